The monoisotopic (exact) mass is 325 g/mol. The molecule has 1 amide bonds. The Labute approximate surface area is 127 Å². The number of nitrogens with zero attached hydrogens (tertiary/aromatic N) is 1. The second-order valence-electron chi connectivity index (χ2n) is 4.96. The van der Waals surface area contributed by atoms with Crippen LogP contribution in [0.1, 0.15) is 26.9 Å². The van der Waals surface area contributed by atoms with Gasteiger partial charge in [0.15, 0.2) is 9.84 Å². The molecule has 7 heteroatoms. The lowest BCUT2D eigenvalue weighted by atomic mass is 10.2. The summed E-state index contributed by atoms with van der Waals surface area (Å²) in [6, 6.07) is 5.30. The quantitative estimate of drug-likeness (QED) is 0.850. The lowest BCUT2D eigenvalue weighted by molar-refractivity contribution is 0.0766. The van der Waals surface area contributed by atoms with E-state index in [-0.39, 0.29) is 18.2 Å². The maximum atomic E-state index is 12.4. The average Bonchev–Trinajstić information content (AvgIpc) is 3.12. The third-order valence-corrected chi connectivity index (χ3v) is 6.90. The van der Waals surface area contributed by atoms with E-state index < -0.39 is 15.1 Å². The molecule has 3 rings (SSSR count). The van der Waals surface area contributed by atoms with Crippen LogP contribution in [-0.2, 0) is 9.84 Å². The van der Waals surface area contributed by atoms with Gasteiger partial charge < -0.3 is 9.32 Å². The third-order valence-electron chi connectivity index (χ3n) is 3.66. The van der Waals surface area contributed by atoms with Crippen LogP contribution in [0.2, 0.25) is 0 Å². The van der Waals surface area contributed by atoms with Crippen molar-refractivity contribution in [2.24, 2.45) is 0 Å². The number of sulfone groups is 1. The van der Waals surface area contributed by atoms with Crippen LogP contribution in [0, 0.1) is 0 Å². The van der Waals surface area contributed by atoms with Crippen molar-refractivity contribution < 1.29 is 17.6 Å². The smallest absolute Gasteiger partial charge is 0.257 e. The van der Waals surface area contributed by atoms with Gasteiger partial charge in [0.1, 0.15) is 6.26 Å². The fraction of sp³-hybridized carbons (Fsp3) is 0.357. The van der Waals surface area contributed by atoms with Crippen molar-refractivity contribution in [2.45, 2.75) is 11.7 Å². The molecule has 0 aromatic carbocycles. The molecule has 1 atom stereocenters. The molecule has 5 nitrogen and oxygen atoms in total. The highest BCUT2D eigenvalue weighted by molar-refractivity contribution is 7.91. The molecule has 1 saturated heterocycles. The molecule has 1 aliphatic heterocycles. The van der Waals surface area contributed by atoms with Crippen LogP contribution >= 0.6 is 11.3 Å². The van der Waals surface area contributed by atoms with E-state index in [0.717, 1.165) is 4.88 Å². The molecule has 21 heavy (non-hydrogen) atoms. The van der Waals surface area contributed by atoms with E-state index in [1.807, 2.05) is 17.5 Å². The first-order valence-electron chi connectivity index (χ1n) is 6.64. The molecule has 0 radical (unpaired) electrons. The van der Waals surface area contributed by atoms with E-state index in [2.05, 4.69) is 0 Å². The van der Waals surface area contributed by atoms with E-state index in [1.54, 1.807) is 11.0 Å². The van der Waals surface area contributed by atoms with Crippen molar-refractivity contribution in [2.75, 3.05) is 18.8 Å². The first-order valence-corrected chi connectivity index (χ1v) is 9.24. The molecule has 0 spiro atoms. The SMILES string of the molecule is O=C(c1ccoc1)N1CCC(c2cccs2)S(=O)(=O)CC1. The molecule has 0 N–H and O–H groups in total. The van der Waals surface area contributed by atoms with Crippen LogP contribution in [0.3, 0.4) is 0 Å². The molecule has 0 bridgehead atoms. The summed E-state index contributed by atoms with van der Waals surface area (Å²) in [4.78, 5) is 14.7. The van der Waals surface area contributed by atoms with Gasteiger partial charge in [0.2, 0.25) is 0 Å². The number of carbonyl (C=O) groups is 1. The van der Waals surface area contributed by atoms with Gasteiger partial charge in [-0.25, -0.2) is 8.42 Å². The first kappa shape index (κ1) is 14.3. The Morgan fingerprint density at radius 1 is 1.33 bits per heavy atom. The maximum absolute atomic E-state index is 12.4. The minimum Gasteiger partial charge on any atom is -0.472 e. The van der Waals surface area contributed by atoms with E-state index in [0.29, 0.717) is 18.5 Å². The van der Waals surface area contributed by atoms with Crippen LogP contribution in [0.25, 0.3) is 0 Å². The number of hydrogen-bond acceptors (Lipinski definition) is 5. The second kappa shape index (κ2) is 5.65. The zero-order valence-corrected chi connectivity index (χ0v) is 12.9. The largest absolute Gasteiger partial charge is 0.472 e. The predicted octanol–water partition coefficient (Wildman–Crippen LogP) is 2.34. The number of rotatable bonds is 2. The van der Waals surface area contributed by atoms with Gasteiger partial charge in [-0.2, -0.15) is 0 Å². The molecule has 1 fully saturated rings. The molecule has 0 aliphatic carbocycles. The summed E-state index contributed by atoms with van der Waals surface area (Å²) in [7, 11) is -3.23. The fourth-order valence-electron chi connectivity index (χ4n) is 2.51. The number of carbonyl (C=O) groups excluding carboxylic acids is 1. The van der Waals surface area contributed by atoms with Crippen molar-refractivity contribution in [1.29, 1.82) is 0 Å². The first-order chi connectivity index (χ1) is 10.1. The van der Waals surface area contributed by atoms with Crippen LogP contribution in [-0.4, -0.2) is 38.1 Å². The summed E-state index contributed by atoms with van der Waals surface area (Å²) in [5, 5.41) is 1.38. The Balaban J connectivity index is 1.81. The molecule has 2 aromatic rings. The molecular weight excluding hydrogens is 310 g/mol. The van der Waals surface area contributed by atoms with Crippen molar-refractivity contribution in [3.05, 3.63) is 46.5 Å². The summed E-state index contributed by atoms with van der Waals surface area (Å²) < 4.78 is 29.7. The zero-order chi connectivity index (χ0) is 14.9. The van der Waals surface area contributed by atoms with Gasteiger partial charge in [0.25, 0.3) is 5.91 Å². The van der Waals surface area contributed by atoms with E-state index in [9.17, 15) is 13.2 Å². The van der Waals surface area contributed by atoms with Crippen LogP contribution < -0.4 is 0 Å². The number of thiophene rings is 1. The Kier molecular flexibility index (Phi) is 3.86. The Bertz CT molecular complexity index is 704. The van der Waals surface area contributed by atoms with Gasteiger partial charge >= 0.3 is 0 Å². The fourth-order valence-corrected chi connectivity index (χ4v) is 5.51. The lowest BCUT2D eigenvalue weighted by Gasteiger charge is -2.18. The highest BCUT2D eigenvalue weighted by atomic mass is 32.2. The summed E-state index contributed by atoms with van der Waals surface area (Å²) in [5.41, 5.74) is 0.460. The van der Waals surface area contributed by atoms with Crippen molar-refractivity contribution >= 4 is 27.1 Å². The molecule has 2 aromatic heterocycles. The van der Waals surface area contributed by atoms with E-state index in [4.69, 9.17) is 4.42 Å². The standard InChI is InChI=1S/C14H15NO4S2/c16-14(11-4-7-19-10-11)15-5-3-13(12-2-1-8-20-12)21(17,18)9-6-15/h1-2,4,7-8,10,13H,3,5-6,9H2. The average molecular weight is 325 g/mol. The Morgan fingerprint density at radius 3 is 2.86 bits per heavy atom. The van der Waals surface area contributed by atoms with Gasteiger partial charge in [-0.15, -0.1) is 11.3 Å². The maximum Gasteiger partial charge on any atom is 0.257 e. The van der Waals surface area contributed by atoms with Crippen LogP contribution in [0.15, 0.2) is 40.5 Å². The Hall–Kier alpha value is -1.60. The molecule has 3 heterocycles. The molecule has 0 saturated carbocycles. The van der Waals surface area contributed by atoms with Crippen molar-refractivity contribution in [3.8, 4) is 0 Å². The number of amides is 1. The summed E-state index contributed by atoms with van der Waals surface area (Å²) >= 11 is 1.45. The van der Waals surface area contributed by atoms with E-state index >= 15 is 0 Å². The molecule has 1 aliphatic rings. The molecule has 1 unspecified atom stereocenters. The van der Waals surface area contributed by atoms with Gasteiger partial charge in [-0.05, 0) is 23.9 Å². The number of hydrogen-bond donors (Lipinski definition) is 0. The van der Waals surface area contributed by atoms with E-state index in [1.165, 1.54) is 23.9 Å². The number of furan rings is 1. The van der Waals surface area contributed by atoms with Gasteiger partial charge in [0.05, 0.1) is 22.8 Å². The lowest BCUT2D eigenvalue weighted by Crippen LogP contribution is -2.33. The van der Waals surface area contributed by atoms with Gasteiger partial charge in [-0.1, -0.05) is 6.07 Å². The highest BCUT2D eigenvalue weighted by Gasteiger charge is 2.33. The minimum atomic E-state index is -3.23. The normalized spacial score (nSPS) is 21.9. The molecule has 112 valence electrons. The third kappa shape index (κ3) is 2.89. The van der Waals surface area contributed by atoms with Crippen LogP contribution in [0.4, 0.5) is 0 Å². The summed E-state index contributed by atoms with van der Waals surface area (Å²) in [6.07, 6.45) is 3.27. The summed E-state index contributed by atoms with van der Waals surface area (Å²) in [6.45, 7) is 0.667. The van der Waals surface area contributed by atoms with Crippen molar-refractivity contribution in [3.63, 3.8) is 0 Å². The second-order valence-corrected chi connectivity index (χ2v) is 8.25. The van der Waals surface area contributed by atoms with Gasteiger partial charge in [-0.3, -0.25) is 4.79 Å². The minimum absolute atomic E-state index is 0.000835. The molecular formula is C14H15NO4S2. The predicted molar refractivity (Wildman–Crippen MR) is 80.1 cm³/mol. The van der Waals surface area contributed by atoms with Crippen LogP contribution in [0.5, 0.6) is 0 Å². The highest BCUT2D eigenvalue weighted by Crippen LogP contribution is 2.32. The summed E-state index contributed by atoms with van der Waals surface area (Å²) in [5.74, 6) is -0.176. The topological polar surface area (TPSA) is 67.6 Å². The Morgan fingerprint density at radius 2 is 2.19 bits per heavy atom. The van der Waals surface area contributed by atoms with Crippen molar-refractivity contribution in [1.82, 2.24) is 4.90 Å². The van der Waals surface area contributed by atoms with Gasteiger partial charge in [0, 0.05) is 18.0 Å². The zero-order valence-electron chi connectivity index (χ0n) is 11.3.